The molecule has 0 radical (unpaired) electrons. The summed E-state index contributed by atoms with van der Waals surface area (Å²) in [4.78, 5) is 27.2. The van der Waals surface area contributed by atoms with Crippen molar-refractivity contribution in [2.75, 3.05) is 31.1 Å². The standard InChI is InChI=1S/C19H19BrFN3O3/c20-15-5-6-17(24(26)27)18(13-15)22-7-2-8-23(10-9-22)19(25)12-14-3-1-4-16(21)11-14/h1,3-6,11,13H,2,7-10,12H2. The maximum absolute atomic E-state index is 13.3. The largest absolute Gasteiger partial charge is 0.364 e. The first-order chi connectivity index (χ1) is 12.9. The van der Waals surface area contributed by atoms with Crippen LogP contribution in [0.2, 0.25) is 0 Å². The van der Waals surface area contributed by atoms with Gasteiger partial charge in [0.05, 0.1) is 11.3 Å². The highest BCUT2D eigenvalue weighted by molar-refractivity contribution is 9.10. The van der Waals surface area contributed by atoms with Crippen LogP contribution in [-0.2, 0) is 11.2 Å². The van der Waals surface area contributed by atoms with Crippen molar-refractivity contribution < 1.29 is 14.1 Å². The van der Waals surface area contributed by atoms with E-state index in [-0.39, 0.29) is 28.8 Å². The van der Waals surface area contributed by atoms with E-state index in [4.69, 9.17) is 0 Å². The van der Waals surface area contributed by atoms with E-state index < -0.39 is 0 Å². The molecule has 1 aliphatic heterocycles. The van der Waals surface area contributed by atoms with Crippen molar-refractivity contribution in [3.63, 3.8) is 0 Å². The topological polar surface area (TPSA) is 66.7 Å². The van der Waals surface area contributed by atoms with Gasteiger partial charge in [0.15, 0.2) is 0 Å². The predicted octanol–water partition coefficient (Wildman–Crippen LogP) is 3.78. The molecule has 0 saturated carbocycles. The van der Waals surface area contributed by atoms with Crippen LogP contribution in [0.25, 0.3) is 0 Å². The van der Waals surface area contributed by atoms with Crippen molar-refractivity contribution in [3.05, 3.63) is 68.4 Å². The highest BCUT2D eigenvalue weighted by atomic mass is 79.9. The van der Waals surface area contributed by atoms with Gasteiger partial charge in [-0.1, -0.05) is 28.1 Å². The summed E-state index contributed by atoms with van der Waals surface area (Å²) in [5, 5.41) is 11.3. The molecule has 1 fully saturated rings. The Hall–Kier alpha value is -2.48. The lowest BCUT2D eigenvalue weighted by Gasteiger charge is -2.23. The maximum Gasteiger partial charge on any atom is 0.292 e. The summed E-state index contributed by atoms with van der Waals surface area (Å²) in [7, 11) is 0. The number of nitrogens with zero attached hydrogens (tertiary/aromatic N) is 3. The van der Waals surface area contributed by atoms with E-state index in [1.54, 1.807) is 29.2 Å². The van der Waals surface area contributed by atoms with Crippen molar-refractivity contribution in [2.24, 2.45) is 0 Å². The zero-order valence-corrected chi connectivity index (χ0v) is 16.2. The van der Waals surface area contributed by atoms with E-state index in [9.17, 15) is 19.3 Å². The molecule has 0 spiro atoms. The number of nitro benzene ring substituents is 1. The Bertz CT molecular complexity index is 862. The third-order valence-electron chi connectivity index (χ3n) is 4.57. The first-order valence-corrected chi connectivity index (χ1v) is 9.44. The SMILES string of the molecule is O=C(Cc1cccc(F)c1)N1CCCN(c2cc(Br)ccc2[N+](=O)[O-])CC1. The smallest absolute Gasteiger partial charge is 0.292 e. The molecule has 0 N–H and O–H groups in total. The number of carbonyl (C=O) groups is 1. The van der Waals surface area contributed by atoms with Gasteiger partial charge in [-0.25, -0.2) is 4.39 Å². The summed E-state index contributed by atoms with van der Waals surface area (Å²) in [5.74, 6) is -0.421. The summed E-state index contributed by atoms with van der Waals surface area (Å²) in [6.45, 7) is 2.18. The molecular formula is C19H19BrFN3O3. The summed E-state index contributed by atoms with van der Waals surface area (Å²) >= 11 is 3.37. The van der Waals surface area contributed by atoms with E-state index in [0.717, 1.165) is 4.47 Å². The average molecular weight is 436 g/mol. The first-order valence-electron chi connectivity index (χ1n) is 8.65. The molecular weight excluding hydrogens is 417 g/mol. The van der Waals surface area contributed by atoms with Crippen LogP contribution < -0.4 is 4.90 Å². The molecule has 0 atom stereocenters. The summed E-state index contributed by atoms with van der Waals surface area (Å²) in [6.07, 6.45) is 0.855. The molecule has 2 aromatic carbocycles. The van der Waals surface area contributed by atoms with Gasteiger partial charge in [0.25, 0.3) is 5.69 Å². The maximum atomic E-state index is 13.3. The number of carbonyl (C=O) groups excluding carboxylic acids is 1. The van der Waals surface area contributed by atoms with Crippen LogP contribution in [0.1, 0.15) is 12.0 Å². The van der Waals surface area contributed by atoms with Crippen LogP contribution in [0.4, 0.5) is 15.8 Å². The Morgan fingerprint density at radius 1 is 1.15 bits per heavy atom. The number of hydrogen-bond acceptors (Lipinski definition) is 4. The molecule has 0 bridgehead atoms. The van der Waals surface area contributed by atoms with E-state index in [2.05, 4.69) is 15.9 Å². The number of hydrogen-bond donors (Lipinski definition) is 0. The van der Waals surface area contributed by atoms with Gasteiger partial charge in [-0.05, 0) is 36.2 Å². The second kappa shape index (κ2) is 8.47. The molecule has 1 heterocycles. The van der Waals surface area contributed by atoms with Gasteiger partial charge in [-0.15, -0.1) is 0 Å². The van der Waals surface area contributed by atoms with Crippen molar-refractivity contribution in [3.8, 4) is 0 Å². The third-order valence-corrected chi connectivity index (χ3v) is 5.06. The average Bonchev–Trinajstić information content (AvgIpc) is 2.87. The summed E-state index contributed by atoms with van der Waals surface area (Å²) in [6, 6.07) is 10.9. The lowest BCUT2D eigenvalue weighted by atomic mass is 10.1. The van der Waals surface area contributed by atoms with E-state index >= 15 is 0 Å². The lowest BCUT2D eigenvalue weighted by molar-refractivity contribution is -0.384. The van der Waals surface area contributed by atoms with Gasteiger partial charge < -0.3 is 9.80 Å². The van der Waals surface area contributed by atoms with E-state index in [1.165, 1.54) is 18.2 Å². The van der Waals surface area contributed by atoms with Gasteiger partial charge in [0.1, 0.15) is 11.5 Å². The second-order valence-electron chi connectivity index (χ2n) is 6.42. The van der Waals surface area contributed by atoms with Crippen molar-refractivity contribution >= 4 is 33.2 Å². The highest BCUT2D eigenvalue weighted by Gasteiger charge is 2.24. The second-order valence-corrected chi connectivity index (χ2v) is 7.33. The fraction of sp³-hybridized carbons (Fsp3) is 0.316. The third kappa shape index (κ3) is 4.82. The van der Waals surface area contributed by atoms with E-state index in [1.807, 2.05) is 4.90 Å². The zero-order chi connectivity index (χ0) is 19.4. The molecule has 1 amide bonds. The van der Waals surface area contributed by atoms with Gasteiger partial charge in [0, 0.05) is 36.7 Å². The molecule has 6 nitrogen and oxygen atoms in total. The summed E-state index contributed by atoms with van der Waals surface area (Å²) in [5.41, 5.74) is 1.25. The fourth-order valence-electron chi connectivity index (χ4n) is 3.25. The molecule has 1 saturated heterocycles. The number of anilines is 1. The number of nitro groups is 1. The molecule has 0 aromatic heterocycles. The number of rotatable bonds is 4. The zero-order valence-electron chi connectivity index (χ0n) is 14.6. The van der Waals surface area contributed by atoms with Crippen LogP contribution in [0.5, 0.6) is 0 Å². The van der Waals surface area contributed by atoms with Gasteiger partial charge in [-0.3, -0.25) is 14.9 Å². The molecule has 142 valence electrons. The monoisotopic (exact) mass is 435 g/mol. The Kier molecular flexibility index (Phi) is 6.05. The van der Waals surface area contributed by atoms with Gasteiger partial charge in [-0.2, -0.15) is 0 Å². The van der Waals surface area contributed by atoms with Gasteiger partial charge in [0.2, 0.25) is 5.91 Å². The number of benzene rings is 2. The number of amides is 1. The van der Waals surface area contributed by atoms with Crippen LogP contribution in [-0.4, -0.2) is 41.9 Å². The Morgan fingerprint density at radius 2 is 1.96 bits per heavy atom. The lowest BCUT2D eigenvalue weighted by Crippen LogP contribution is -2.36. The van der Waals surface area contributed by atoms with E-state index in [0.29, 0.717) is 43.9 Å². The Labute approximate surface area is 164 Å². The minimum absolute atomic E-state index is 0.0535. The molecule has 3 rings (SSSR count). The Balaban J connectivity index is 1.70. The molecule has 0 unspecified atom stereocenters. The number of halogens is 2. The van der Waals surface area contributed by atoms with Crippen molar-refractivity contribution in [2.45, 2.75) is 12.8 Å². The molecule has 1 aliphatic rings. The Morgan fingerprint density at radius 3 is 2.70 bits per heavy atom. The first kappa shape index (κ1) is 19.3. The molecule has 8 heteroatoms. The van der Waals surface area contributed by atoms with Crippen LogP contribution in [0.15, 0.2) is 46.9 Å². The molecule has 2 aromatic rings. The summed E-state index contributed by atoms with van der Waals surface area (Å²) < 4.78 is 14.1. The quantitative estimate of drug-likeness (QED) is 0.541. The minimum Gasteiger partial charge on any atom is -0.364 e. The van der Waals surface area contributed by atoms with Crippen molar-refractivity contribution in [1.29, 1.82) is 0 Å². The van der Waals surface area contributed by atoms with Crippen LogP contribution >= 0.6 is 15.9 Å². The van der Waals surface area contributed by atoms with Crippen LogP contribution in [0.3, 0.4) is 0 Å². The molecule has 0 aliphatic carbocycles. The normalized spacial score (nSPS) is 14.7. The molecule has 27 heavy (non-hydrogen) atoms. The minimum atomic E-state index is -0.389. The van der Waals surface area contributed by atoms with Crippen LogP contribution in [0, 0.1) is 15.9 Å². The van der Waals surface area contributed by atoms with Crippen molar-refractivity contribution in [1.82, 2.24) is 4.90 Å². The fourth-order valence-corrected chi connectivity index (χ4v) is 3.59. The van der Waals surface area contributed by atoms with Gasteiger partial charge >= 0.3 is 0 Å². The highest BCUT2D eigenvalue weighted by Crippen LogP contribution is 2.32. The predicted molar refractivity (Wildman–Crippen MR) is 104 cm³/mol.